The van der Waals surface area contributed by atoms with E-state index >= 15 is 0 Å². The third-order valence-electron chi connectivity index (χ3n) is 4.47. The predicted octanol–water partition coefficient (Wildman–Crippen LogP) is 3.25. The van der Waals surface area contributed by atoms with Crippen LogP contribution in [0, 0.1) is 5.92 Å². The van der Waals surface area contributed by atoms with E-state index in [1.807, 2.05) is 13.8 Å². The Morgan fingerprint density at radius 2 is 1.79 bits per heavy atom. The van der Waals surface area contributed by atoms with Crippen molar-refractivity contribution in [3.63, 3.8) is 0 Å². The number of amides is 1. The number of nitrogens with two attached hydrogens (primary N) is 1. The first kappa shape index (κ1) is 20.5. The minimum Gasteiger partial charge on any atom is -0.399 e. The highest BCUT2D eigenvalue weighted by Crippen LogP contribution is 2.22. The lowest BCUT2D eigenvalue weighted by Crippen LogP contribution is -2.50. The molecule has 0 heterocycles. The zero-order valence-electron chi connectivity index (χ0n) is 15.8. The van der Waals surface area contributed by atoms with Crippen LogP contribution in [0.15, 0.2) is 24.3 Å². The minimum atomic E-state index is -0.393. The van der Waals surface area contributed by atoms with Gasteiger partial charge in [0, 0.05) is 36.4 Å². The van der Waals surface area contributed by atoms with Crippen LogP contribution in [-0.4, -0.2) is 37.4 Å². The fraction of sp³-hybridized carbons (Fsp3) is 0.632. The second kappa shape index (κ2) is 8.49. The average molecular weight is 336 g/mol. The molecule has 1 atom stereocenters. The lowest BCUT2D eigenvalue weighted by atomic mass is 9.89. The number of ether oxygens (including phenoxy) is 2. The largest absolute Gasteiger partial charge is 0.399 e. The molecule has 0 aromatic heterocycles. The van der Waals surface area contributed by atoms with Gasteiger partial charge in [-0.3, -0.25) is 4.79 Å². The van der Waals surface area contributed by atoms with E-state index < -0.39 is 5.54 Å². The molecule has 1 aromatic carbocycles. The molecule has 1 amide bonds. The third kappa shape index (κ3) is 6.49. The fourth-order valence-electron chi connectivity index (χ4n) is 2.10. The molecule has 3 N–H and O–H groups in total. The zero-order valence-corrected chi connectivity index (χ0v) is 15.8. The first-order valence-corrected chi connectivity index (χ1v) is 8.38. The van der Waals surface area contributed by atoms with Crippen molar-refractivity contribution < 1.29 is 14.3 Å². The van der Waals surface area contributed by atoms with E-state index in [9.17, 15) is 4.79 Å². The van der Waals surface area contributed by atoms with Crippen LogP contribution in [0.2, 0.25) is 0 Å². The van der Waals surface area contributed by atoms with E-state index in [4.69, 9.17) is 15.2 Å². The molecule has 0 fully saturated rings. The van der Waals surface area contributed by atoms with E-state index in [1.54, 1.807) is 31.4 Å². The number of methoxy groups -OCH3 is 1. The summed E-state index contributed by atoms with van der Waals surface area (Å²) in [5.41, 5.74) is 6.27. The summed E-state index contributed by atoms with van der Waals surface area (Å²) in [6, 6.07) is 6.92. The van der Waals surface area contributed by atoms with Crippen LogP contribution in [-0.2, 0) is 9.47 Å². The van der Waals surface area contributed by atoms with Crippen molar-refractivity contribution in [3.8, 4) is 0 Å². The molecule has 5 nitrogen and oxygen atoms in total. The van der Waals surface area contributed by atoms with Gasteiger partial charge in [0.25, 0.3) is 5.91 Å². The Balaban J connectivity index is 2.59. The molecule has 24 heavy (non-hydrogen) atoms. The van der Waals surface area contributed by atoms with Gasteiger partial charge in [-0.15, -0.1) is 0 Å². The molecular weight excluding hydrogens is 304 g/mol. The number of hydrogen-bond donors (Lipinski definition) is 2. The van der Waals surface area contributed by atoms with Crippen LogP contribution >= 0.6 is 0 Å². The molecule has 0 saturated carbocycles. The van der Waals surface area contributed by atoms with E-state index in [1.165, 1.54) is 0 Å². The number of rotatable bonds is 9. The van der Waals surface area contributed by atoms with Crippen molar-refractivity contribution >= 4 is 11.6 Å². The summed E-state index contributed by atoms with van der Waals surface area (Å²) < 4.78 is 11.2. The maximum Gasteiger partial charge on any atom is 0.251 e. The molecule has 0 spiro atoms. The van der Waals surface area contributed by atoms with Gasteiger partial charge in [0.15, 0.2) is 0 Å². The van der Waals surface area contributed by atoms with Crippen molar-refractivity contribution in [2.75, 3.05) is 26.1 Å². The highest BCUT2D eigenvalue weighted by Gasteiger charge is 2.30. The maximum absolute atomic E-state index is 12.4. The molecule has 0 aliphatic heterocycles. The second-order valence-electron chi connectivity index (χ2n) is 7.51. The Bertz CT molecular complexity index is 524. The van der Waals surface area contributed by atoms with Gasteiger partial charge < -0.3 is 20.5 Å². The number of hydrogen-bond acceptors (Lipinski definition) is 4. The van der Waals surface area contributed by atoms with E-state index in [0.717, 1.165) is 6.42 Å². The Morgan fingerprint density at radius 1 is 1.21 bits per heavy atom. The van der Waals surface area contributed by atoms with Crippen LogP contribution in [0.4, 0.5) is 5.69 Å². The summed E-state index contributed by atoms with van der Waals surface area (Å²) in [6.45, 7) is 11.4. The number of anilines is 1. The molecule has 1 rings (SSSR count). The summed E-state index contributed by atoms with van der Waals surface area (Å²) in [4.78, 5) is 12.4. The van der Waals surface area contributed by atoms with E-state index in [2.05, 4.69) is 26.1 Å². The fourth-order valence-corrected chi connectivity index (χ4v) is 2.10. The van der Waals surface area contributed by atoms with Crippen molar-refractivity contribution in [2.24, 2.45) is 5.92 Å². The summed E-state index contributed by atoms with van der Waals surface area (Å²) in [5.74, 6) is 0.0440. The smallest absolute Gasteiger partial charge is 0.251 e. The molecule has 1 unspecified atom stereocenters. The maximum atomic E-state index is 12.4. The molecule has 0 aliphatic rings. The number of carbonyl (C=O) groups excluding carboxylic acids is 1. The van der Waals surface area contributed by atoms with Crippen LogP contribution in [0.5, 0.6) is 0 Å². The standard InChI is InChI=1S/C19H32N2O3/c1-14(13-24-18(2,3)11-12-23-6)19(4,5)21-17(22)15-7-9-16(20)10-8-15/h7-10,14H,11-13,20H2,1-6H3,(H,21,22). The highest BCUT2D eigenvalue weighted by atomic mass is 16.5. The lowest BCUT2D eigenvalue weighted by Gasteiger charge is -2.35. The molecule has 1 aromatic rings. The van der Waals surface area contributed by atoms with Crippen molar-refractivity contribution in [1.29, 1.82) is 0 Å². The summed E-state index contributed by atoms with van der Waals surface area (Å²) in [6.07, 6.45) is 0.828. The van der Waals surface area contributed by atoms with Gasteiger partial charge in [-0.05, 0) is 58.4 Å². The molecule has 0 radical (unpaired) electrons. The van der Waals surface area contributed by atoms with E-state index in [0.29, 0.717) is 24.5 Å². The number of benzene rings is 1. The zero-order chi connectivity index (χ0) is 18.4. The molecule has 5 heteroatoms. The SMILES string of the molecule is COCCC(C)(C)OCC(C)C(C)(C)NC(=O)c1ccc(N)cc1. The molecule has 136 valence electrons. The molecule has 0 bridgehead atoms. The summed E-state index contributed by atoms with van der Waals surface area (Å²) >= 11 is 0. The van der Waals surface area contributed by atoms with Crippen molar-refractivity contribution in [3.05, 3.63) is 29.8 Å². The molecule has 0 saturated heterocycles. The van der Waals surface area contributed by atoms with Gasteiger partial charge >= 0.3 is 0 Å². The Kier molecular flexibility index (Phi) is 7.24. The van der Waals surface area contributed by atoms with Gasteiger partial charge in [-0.1, -0.05) is 6.92 Å². The minimum absolute atomic E-state index is 0.106. The van der Waals surface area contributed by atoms with Crippen LogP contribution in [0.1, 0.15) is 51.4 Å². The Hall–Kier alpha value is -1.59. The third-order valence-corrected chi connectivity index (χ3v) is 4.47. The Morgan fingerprint density at radius 3 is 2.33 bits per heavy atom. The number of nitrogen functional groups attached to an aromatic ring is 1. The topological polar surface area (TPSA) is 73.6 Å². The molecule has 0 aliphatic carbocycles. The van der Waals surface area contributed by atoms with Crippen LogP contribution < -0.4 is 11.1 Å². The van der Waals surface area contributed by atoms with Crippen molar-refractivity contribution in [1.82, 2.24) is 5.32 Å². The first-order valence-electron chi connectivity index (χ1n) is 8.38. The van der Waals surface area contributed by atoms with Gasteiger partial charge in [-0.25, -0.2) is 0 Å². The quantitative estimate of drug-likeness (QED) is 0.679. The number of carbonyl (C=O) groups is 1. The monoisotopic (exact) mass is 336 g/mol. The number of nitrogens with one attached hydrogen (secondary N) is 1. The van der Waals surface area contributed by atoms with Gasteiger partial charge in [0.2, 0.25) is 0 Å². The molecular formula is C19H32N2O3. The van der Waals surface area contributed by atoms with Gasteiger partial charge in [-0.2, -0.15) is 0 Å². The van der Waals surface area contributed by atoms with Crippen LogP contribution in [0.3, 0.4) is 0 Å². The summed E-state index contributed by atoms with van der Waals surface area (Å²) in [7, 11) is 1.69. The lowest BCUT2D eigenvalue weighted by molar-refractivity contribution is -0.0585. The predicted molar refractivity (Wildman–Crippen MR) is 98.1 cm³/mol. The van der Waals surface area contributed by atoms with Crippen LogP contribution in [0.25, 0.3) is 0 Å². The highest BCUT2D eigenvalue weighted by molar-refractivity contribution is 5.94. The van der Waals surface area contributed by atoms with E-state index in [-0.39, 0.29) is 17.4 Å². The normalized spacial score (nSPS) is 13.6. The van der Waals surface area contributed by atoms with Gasteiger partial charge in [0.1, 0.15) is 0 Å². The van der Waals surface area contributed by atoms with Crippen molar-refractivity contribution in [2.45, 2.75) is 52.2 Å². The van der Waals surface area contributed by atoms with Gasteiger partial charge in [0.05, 0.1) is 12.2 Å². The first-order chi connectivity index (χ1) is 11.1. The second-order valence-corrected chi connectivity index (χ2v) is 7.51. The Labute approximate surface area is 145 Å². The average Bonchev–Trinajstić information content (AvgIpc) is 2.51. The summed E-state index contributed by atoms with van der Waals surface area (Å²) in [5, 5.41) is 3.09.